The molecule has 9 heteroatoms. The van der Waals surface area contributed by atoms with E-state index in [-0.39, 0.29) is 34.6 Å². The smallest absolute Gasteiger partial charge is 0.339 e. The molecule has 0 spiro atoms. The van der Waals surface area contributed by atoms with Gasteiger partial charge in [-0.25, -0.2) is 4.79 Å². The number of nitro benzene ring substituents is 1. The van der Waals surface area contributed by atoms with Gasteiger partial charge in [-0.1, -0.05) is 6.07 Å². The van der Waals surface area contributed by atoms with Crippen molar-refractivity contribution in [1.29, 1.82) is 0 Å². The fourth-order valence-corrected chi connectivity index (χ4v) is 2.96. The highest BCUT2D eigenvalue weighted by Gasteiger charge is 2.29. The molecule has 1 amide bonds. The lowest BCUT2D eigenvalue weighted by Gasteiger charge is -2.30. The highest BCUT2D eigenvalue weighted by molar-refractivity contribution is 5.93. The van der Waals surface area contributed by atoms with Gasteiger partial charge in [0.1, 0.15) is 0 Å². The van der Waals surface area contributed by atoms with Crippen LogP contribution < -0.4 is 0 Å². The lowest BCUT2D eigenvalue weighted by atomic mass is 9.97. The third kappa shape index (κ3) is 5.02. The van der Waals surface area contributed by atoms with E-state index in [1.165, 1.54) is 30.0 Å². The fraction of sp³-hybridized carbons (Fsp3) is 0.500. The molecular formula is C18H22N2O7. The molecule has 1 saturated heterocycles. The molecule has 0 radical (unpaired) electrons. The number of hydrogen-bond acceptors (Lipinski definition) is 7. The van der Waals surface area contributed by atoms with E-state index in [1.807, 2.05) is 0 Å². The summed E-state index contributed by atoms with van der Waals surface area (Å²) in [6.45, 7) is 3.84. The maximum Gasteiger partial charge on any atom is 0.339 e. The predicted molar refractivity (Wildman–Crippen MR) is 94.1 cm³/mol. The molecule has 1 fully saturated rings. The van der Waals surface area contributed by atoms with E-state index in [0.29, 0.717) is 32.5 Å². The van der Waals surface area contributed by atoms with E-state index >= 15 is 0 Å². The molecule has 0 N–H and O–H groups in total. The van der Waals surface area contributed by atoms with Crippen molar-refractivity contribution < 1.29 is 28.8 Å². The summed E-state index contributed by atoms with van der Waals surface area (Å²) in [6.07, 6.45) is 1.00. The maximum absolute atomic E-state index is 12.2. The number of carbonyl (C=O) groups excluding carboxylic acids is 3. The maximum atomic E-state index is 12.2. The molecule has 1 aliphatic heterocycles. The number of ether oxygens (including phenoxy) is 2. The van der Waals surface area contributed by atoms with Crippen molar-refractivity contribution in [2.75, 3.05) is 26.3 Å². The Morgan fingerprint density at radius 3 is 2.48 bits per heavy atom. The van der Waals surface area contributed by atoms with E-state index < -0.39 is 17.5 Å². The van der Waals surface area contributed by atoms with Crippen LogP contribution in [0, 0.1) is 23.0 Å². The number of amides is 1. The first-order valence-corrected chi connectivity index (χ1v) is 8.70. The van der Waals surface area contributed by atoms with E-state index in [4.69, 9.17) is 9.47 Å². The van der Waals surface area contributed by atoms with Gasteiger partial charge in [0.05, 0.1) is 23.0 Å². The van der Waals surface area contributed by atoms with E-state index in [9.17, 15) is 24.5 Å². The van der Waals surface area contributed by atoms with Crippen LogP contribution in [-0.4, -0.2) is 54.0 Å². The summed E-state index contributed by atoms with van der Waals surface area (Å²) in [7, 11) is 0. The molecule has 146 valence electrons. The lowest BCUT2D eigenvalue weighted by Crippen LogP contribution is -2.42. The first-order valence-electron chi connectivity index (χ1n) is 8.70. The Hall–Kier alpha value is -2.97. The highest BCUT2D eigenvalue weighted by Crippen LogP contribution is 2.22. The van der Waals surface area contributed by atoms with E-state index in [1.54, 1.807) is 6.92 Å². The number of carbonyl (C=O) groups is 3. The fourth-order valence-electron chi connectivity index (χ4n) is 2.96. The molecular weight excluding hydrogens is 356 g/mol. The summed E-state index contributed by atoms with van der Waals surface area (Å²) >= 11 is 0. The summed E-state index contributed by atoms with van der Waals surface area (Å²) in [6, 6.07) is 4.11. The minimum Gasteiger partial charge on any atom is -0.466 e. The number of rotatable bonds is 6. The first kappa shape index (κ1) is 20.3. The van der Waals surface area contributed by atoms with Gasteiger partial charge >= 0.3 is 11.9 Å². The molecule has 1 heterocycles. The molecule has 9 nitrogen and oxygen atoms in total. The predicted octanol–water partition coefficient (Wildman–Crippen LogP) is 1.86. The molecule has 2 rings (SSSR count). The van der Waals surface area contributed by atoms with Crippen LogP contribution in [0.4, 0.5) is 5.69 Å². The standard InChI is InChI=1S/C18H22N2O7/c1-3-26-17(22)13-7-9-19(10-8-13)16(21)11-27-18(23)14-5-4-6-15(12(14)2)20(24)25/h4-6,13H,3,7-11H2,1-2H3. The Morgan fingerprint density at radius 1 is 1.22 bits per heavy atom. The van der Waals surface area contributed by atoms with Gasteiger partial charge in [-0.3, -0.25) is 19.7 Å². The van der Waals surface area contributed by atoms with Gasteiger partial charge in [-0.2, -0.15) is 0 Å². The van der Waals surface area contributed by atoms with E-state index in [2.05, 4.69) is 0 Å². The van der Waals surface area contributed by atoms with Crippen LogP contribution in [-0.2, 0) is 19.1 Å². The number of nitro groups is 1. The zero-order valence-electron chi connectivity index (χ0n) is 15.3. The average Bonchev–Trinajstić information content (AvgIpc) is 2.66. The molecule has 0 bridgehead atoms. The zero-order valence-corrected chi connectivity index (χ0v) is 15.3. The Bertz CT molecular complexity index is 739. The van der Waals surface area contributed by atoms with Crippen molar-refractivity contribution in [2.45, 2.75) is 26.7 Å². The normalized spacial score (nSPS) is 14.5. The van der Waals surface area contributed by atoms with Crippen LogP contribution in [0.5, 0.6) is 0 Å². The molecule has 1 aliphatic rings. The van der Waals surface area contributed by atoms with Gasteiger partial charge in [0, 0.05) is 24.7 Å². The molecule has 0 saturated carbocycles. The molecule has 1 aromatic carbocycles. The molecule has 0 atom stereocenters. The molecule has 1 aromatic rings. The number of hydrogen-bond donors (Lipinski definition) is 0. The largest absolute Gasteiger partial charge is 0.466 e. The second kappa shape index (κ2) is 9.11. The summed E-state index contributed by atoms with van der Waals surface area (Å²) in [5, 5.41) is 10.9. The van der Waals surface area contributed by atoms with Crippen LogP contribution in [0.15, 0.2) is 18.2 Å². The average molecular weight is 378 g/mol. The number of nitrogens with zero attached hydrogens (tertiary/aromatic N) is 2. The zero-order chi connectivity index (χ0) is 20.0. The van der Waals surface area contributed by atoms with Gasteiger partial charge < -0.3 is 14.4 Å². The number of benzene rings is 1. The minimum atomic E-state index is -0.786. The minimum absolute atomic E-state index is 0.0537. The van der Waals surface area contributed by atoms with Crippen molar-refractivity contribution >= 4 is 23.5 Å². The Balaban J connectivity index is 1.88. The van der Waals surface area contributed by atoms with Crippen molar-refractivity contribution in [3.05, 3.63) is 39.4 Å². The van der Waals surface area contributed by atoms with Crippen LogP contribution >= 0.6 is 0 Å². The van der Waals surface area contributed by atoms with Crippen LogP contribution in [0.2, 0.25) is 0 Å². The van der Waals surface area contributed by atoms with Crippen LogP contribution in [0.1, 0.15) is 35.7 Å². The Morgan fingerprint density at radius 2 is 1.89 bits per heavy atom. The third-order valence-electron chi connectivity index (χ3n) is 4.52. The summed E-state index contributed by atoms with van der Waals surface area (Å²) in [5.41, 5.74) is 0.0602. The van der Waals surface area contributed by atoms with Crippen molar-refractivity contribution in [3.63, 3.8) is 0 Å². The second-order valence-electron chi connectivity index (χ2n) is 6.19. The van der Waals surface area contributed by atoms with Gasteiger partial charge in [0.2, 0.25) is 0 Å². The van der Waals surface area contributed by atoms with Gasteiger partial charge in [0.15, 0.2) is 6.61 Å². The Labute approximate surface area is 156 Å². The monoisotopic (exact) mass is 378 g/mol. The van der Waals surface area contributed by atoms with Crippen LogP contribution in [0.3, 0.4) is 0 Å². The number of piperidine rings is 1. The molecule has 0 aromatic heterocycles. The number of likely N-dealkylation sites (tertiary alicyclic amines) is 1. The van der Waals surface area contributed by atoms with Crippen molar-refractivity contribution in [3.8, 4) is 0 Å². The molecule has 0 aliphatic carbocycles. The molecule has 27 heavy (non-hydrogen) atoms. The third-order valence-corrected chi connectivity index (χ3v) is 4.52. The van der Waals surface area contributed by atoms with Gasteiger partial charge in [-0.05, 0) is 32.8 Å². The molecule has 0 unspecified atom stereocenters. The Kier molecular flexibility index (Phi) is 6.86. The summed E-state index contributed by atoms with van der Waals surface area (Å²) in [5.74, 6) is -1.62. The summed E-state index contributed by atoms with van der Waals surface area (Å²) < 4.78 is 10.0. The number of esters is 2. The summed E-state index contributed by atoms with van der Waals surface area (Å²) in [4.78, 5) is 48.0. The van der Waals surface area contributed by atoms with Crippen molar-refractivity contribution in [1.82, 2.24) is 4.90 Å². The SMILES string of the molecule is CCOC(=O)C1CCN(C(=O)COC(=O)c2cccc([N+](=O)[O-])c2C)CC1. The quantitative estimate of drug-likeness (QED) is 0.421. The first-order chi connectivity index (χ1) is 12.8. The van der Waals surface area contributed by atoms with Gasteiger partial charge in [0.25, 0.3) is 11.6 Å². The van der Waals surface area contributed by atoms with E-state index in [0.717, 1.165) is 0 Å². The second-order valence-corrected chi connectivity index (χ2v) is 6.19. The van der Waals surface area contributed by atoms with Crippen LogP contribution in [0.25, 0.3) is 0 Å². The van der Waals surface area contributed by atoms with Crippen molar-refractivity contribution in [2.24, 2.45) is 5.92 Å². The lowest BCUT2D eigenvalue weighted by molar-refractivity contribution is -0.385. The highest BCUT2D eigenvalue weighted by atomic mass is 16.6. The topological polar surface area (TPSA) is 116 Å². The van der Waals surface area contributed by atoms with Gasteiger partial charge in [-0.15, -0.1) is 0 Å².